The minimum absolute atomic E-state index is 0.0132. The number of hydrogen-bond acceptors (Lipinski definition) is 5. The molecular formula is C18H23N3O3S. The van der Waals surface area contributed by atoms with Gasteiger partial charge in [0, 0.05) is 38.4 Å². The Balaban J connectivity index is 1.60. The van der Waals surface area contributed by atoms with E-state index in [-0.39, 0.29) is 24.2 Å². The van der Waals surface area contributed by atoms with E-state index >= 15 is 0 Å². The largest absolute Gasteiger partial charge is 0.382 e. The highest BCUT2D eigenvalue weighted by Gasteiger charge is 2.35. The predicted molar refractivity (Wildman–Crippen MR) is 98.9 cm³/mol. The van der Waals surface area contributed by atoms with Crippen LogP contribution in [0.5, 0.6) is 0 Å². The molecule has 6 nitrogen and oxygen atoms in total. The van der Waals surface area contributed by atoms with Crippen LogP contribution in [0.25, 0.3) is 10.2 Å². The third-order valence-corrected chi connectivity index (χ3v) is 5.21. The molecule has 0 radical (unpaired) electrons. The summed E-state index contributed by atoms with van der Waals surface area (Å²) in [7, 11) is 0. The predicted octanol–water partition coefficient (Wildman–Crippen LogP) is 2.50. The molecule has 2 heterocycles. The van der Waals surface area contributed by atoms with Crippen LogP contribution >= 0.6 is 11.3 Å². The lowest BCUT2D eigenvalue weighted by molar-refractivity contribution is -0.126. The van der Waals surface area contributed by atoms with Gasteiger partial charge in [0.05, 0.1) is 21.1 Å². The van der Waals surface area contributed by atoms with Gasteiger partial charge in [-0.15, -0.1) is 11.3 Å². The number of aromatic nitrogens is 1. The van der Waals surface area contributed by atoms with Gasteiger partial charge in [-0.2, -0.15) is 0 Å². The second kappa shape index (κ2) is 7.93. The number of ether oxygens (including phenoxy) is 1. The Labute approximate surface area is 151 Å². The second-order valence-electron chi connectivity index (χ2n) is 6.13. The number of aryl methyl sites for hydroxylation is 1. The molecule has 3 rings (SSSR count). The van der Waals surface area contributed by atoms with Crippen LogP contribution in [0.15, 0.2) is 18.2 Å². The average Bonchev–Trinajstić information content (AvgIpc) is 3.15. The SMILES string of the molecule is CCOCCCNC(=O)C1CC(=O)N(c2ccc3sc(C)nc3c2)C1. The van der Waals surface area contributed by atoms with Gasteiger partial charge in [-0.05, 0) is 38.5 Å². The molecule has 1 fully saturated rings. The first kappa shape index (κ1) is 17.8. The van der Waals surface area contributed by atoms with Crippen molar-refractivity contribution in [3.63, 3.8) is 0 Å². The normalized spacial score (nSPS) is 17.4. The molecule has 1 aliphatic rings. The number of rotatable bonds is 7. The molecule has 1 aromatic carbocycles. The van der Waals surface area contributed by atoms with Crippen LogP contribution in [0.3, 0.4) is 0 Å². The molecule has 0 bridgehead atoms. The van der Waals surface area contributed by atoms with E-state index in [1.807, 2.05) is 32.0 Å². The van der Waals surface area contributed by atoms with Crippen molar-refractivity contribution in [2.45, 2.75) is 26.7 Å². The summed E-state index contributed by atoms with van der Waals surface area (Å²) in [5, 5.41) is 3.90. The Morgan fingerprint density at radius 3 is 3.12 bits per heavy atom. The van der Waals surface area contributed by atoms with Gasteiger partial charge in [-0.3, -0.25) is 9.59 Å². The number of benzene rings is 1. The van der Waals surface area contributed by atoms with Gasteiger partial charge in [-0.25, -0.2) is 4.98 Å². The van der Waals surface area contributed by atoms with Crippen LogP contribution in [-0.4, -0.2) is 43.1 Å². The molecule has 1 atom stereocenters. The highest BCUT2D eigenvalue weighted by atomic mass is 32.1. The number of thiazole rings is 1. The number of nitrogens with one attached hydrogen (secondary N) is 1. The van der Waals surface area contributed by atoms with Crippen LogP contribution in [-0.2, 0) is 14.3 Å². The summed E-state index contributed by atoms with van der Waals surface area (Å²) in [6, 6.07) is 5.85. The van der Waals surface area contributed by atoms with Crippen LogP contribution in [0.4, 0.5) is 5.69 Å². The van der Waals surface area contributed by atoms with E-state index in [9.17, 15) is 9.59 Å². The number of nitrogens with zero attached hydrogens (tertiary/aromatic N) is 2. The van der Waals surface area contributed by atoms with E-state index < -0.39 is 0 Å². The van der Waals surface area contributed by atoms with Crippen molar-refractivity contribution in [1.82, 2.24) is 10.3 Å². The lowest BCUT2D eigenvalue weighted by atomic mass is 10.1. The first-order valence-electron chi connectivity index (χ1n) is 8.61. The molecule has 0 spiro atoms. The highest BCUT2D eigenvalue weighted by molar-refractivity contribution is 7.18. The summed E-state index contributed by atoms with van der Waals surface area (Å²) in [6.07, 6.45) is 1.04. The maximum Gasteiger partial charge on any atom is 0.227 e. The third kappa shape index (κ3) is 4.16. The maximum atomic E-state index is 12.4. The van der Waals surface area contributed by atoms with Crippen LogP contribution in [0.1, 0.15) is 24.8 Å². The second-order valence-corrected chi connectivity index (χ2v) is 7.37. The van der Waals surface area contributed by atoms with Gasteiger partial charge in [-0.1, -0.05) is 0 Å². The number of carbonyl (C=O) groups excluding carboxylic acids is 2. The fraction of sp³-hybridized carbons (Fsp3) is 0.500. The zero-order valence-corrected chi connectivity index (χ0v) is 15.4. The first-order valence-corrected chi connectivity index (χ1v) is 9.43. The zero-order valence-electron chi connectivity index (χ0n) is 14.6. The minimum atomic E-state index is -0.299. The molecule has 1 N–H and O–H groups in total. The van der Waals surface area contributed by atoms with Crippen molar-refractivity contribution >= 4 is 39.1 Å². The Morgan fingerprint density at radius 2 is 2.32 bits per heavy atom. The smallest absolute Gasteiger partial charge is 0.227 e. The zero-order chi connectivity index (χ0) is 17.8. The highest BCUT2D eigenvalue weighted by Crippen LogP contribution is 2.30. The van der Waals surface area contributed by atoms with E-state index in [4.69, 9.17) is 4.74 Å². The molecule has 1 unspecified atom stereocenters. The molecule has 0 saturated carbocycles. The Bertz CT molecular complexity index is 774. The topological polar surface area (TPSA) is 71.5 Å². The van der Waals surface area contributed by atoms with E-state index in [0.717, 1.165) is 27.3 Å². The summed E-state index contributed by atoms with van der Waals surface area (Å²) in [5.41, 5.74) is 1.71. The summed E-state index contributed by atoms with van der Waals surface area (Å²) < 4.78 is 6.36. The molecule has 0 aliphatic carbocycles. The van der Waals surface area contributed by atoms with Gasteiger partial charge in [0.25, 0.3) is 0 Å². The van der Waals surface area contributed by atoms with Gasteiger partial charge in [0.2, 0.25) is 11.8 Å². The molecule has 25 heavy (non-hydrogen) atoms. The lowest BCUT2D eigenvalue weighted by Crippen LogP contribution is -2.33. The van der Waals surface area contributed by atoms with Crippen molar-refractivity contribution < 1.29 is 14.3 Å². The van der Waals surface area contributed by atoms with Gasteiger partial charge in [0.1, 0.15) is 0 Å². The van der Waals surface area contributed by atoms with Gasteiger partial charge < -0.3 is 15.0 Å². The van der Waals surface area contributed by atoms with E-state index in [1.54, 1.807) is 16.2 Å². The standard InChI is InChI=1S/C18H23N3O3S/c1-3-24-8-4-7-19-18(23)13-9-17(22)21(11-13)14-5-6-16-15(10-14)20-12(2)25-16/h5-6,10,13H,3-4,7-9,11H2,1-2H3,(H,19,23). The molecule has 1 aliphatic heterocycles. The van der Waals surface area contributed by atoms with Crippen molar-refractivity contribution in [1.29, 1.82) is 0 Å². The quantitative estimate of drug-likeness (QED) is 0.769. The van der Waals surface area contributed by atoms with Crippen LogP contribution in [0.2, 0.25) is 0 Å². The minimum Gasteiger partial charge on any atom is -0.382 e. The van der Waals surface area contributed by atoms with E-state index in [1.165, 1.54) is 0 Å². The van der Waals surface area contributed by atoms with E-state index in [2.05, 4.69) is 10.3 Å². The average molecular weight is 361 g/mol. The monoisotopic (exact) mass is 361 g/mol. The van der Waals surface area contributed by atoms with Crippen molar-refractivity contribution in [2.75, 3.05) is 31.2 Å². The Morgan fingerprint density at radius 1 is 1.48 bits per heavy atom. The summed E-state index contributed by atoms with van der Waals surface area (Å²) in [5.74, 6) is -0.369. The third-order valence-electron chi connectivity index (χ3n) is 4.25. The molecule has 1 saturated heterocycles. The van der Waals surface area contributed by atoms with Gasteiger partial charge in [0.15, 0.2) is 0 Å². The van der Waals surface area contributed by atoms with Crippen LogP contribution in [0, 0.1) is 12.8 Å². The number of fused-ring (bicyclic) bond motifs is 1. The van der Waals surface area contributed by atoms with E-state index in [0.29, 0.717) is 26.3 Å². The molecule has 1 aromatic heterocycles. The summed E-state index contributed by atoms with van der Waals surface area (Å²) in [6.45, 7) is 6.24. The summed E-state index contributed by atoms with van der Waals surface area (Å²) in [4.78, 5) is 30.8. The molecule has 7 heteroatoms. The fourth-order valence-corrected chi connectivity index (χ4v) is 3.81. The Kier molecular flexibility index (Phi) is 5.65. The van der Waals surface area contributed by atoms with Crippen LogP contribution < -0.4 is 10.2 Å². The first-order chi connectivity index (χ1) is 12.1. The molecule has 134 valence electrons. The number of anilines is 1. The number of hydrogen-bond donors (Lipinski definition) is 1. The maximum absolute atomic E-state index is 12.4. The fourth-order valence-electron chi connectivity index (χ4n) is 3.01. The van der Waals surface area contributed by atoms with Crippen molar-refractivity contribution in [3.05, 3.63) is 23.2 Å². The molecular weight excluding hydrogens is 338 g/mol. The summed E-state index contributed by atoms with van der Waals surface area (Å²) >= 11 is 1.64. The van der Waals surface area contributed by atoms with Crippen molar-refractivity contribution in [2.24, 2.45) is 5.92 Å². The number of amides is 2. The number of carbonyl (C=O) groups is 2. The molecule has 2 amide bonds. The van der Waals surface area contributed by atoms with Crippen molar-refractivity contribution in [3.8, 4) is 0 Å². The molecule has 2 aromatic rings. The lowest BCUT2D eigenvalue weighted by Gasteiger charge is -2.16. The van der Waals surface area contributed by atoms with Gasteiger partial charge >= 0.3 is 0 Å². The Hall–Kier alpha value is -1.99.